The normalized spacial score (nSPS) is 25.8. The SMILES string of the molecule is CCNC(=NCC(C)N1CCOCC1)NCC1CCCO1. The molecular formula is C15H30N4O2. The second kappa shape index (κ2) is 9.23. The molecule has 2 fully saturated rings. The third-order valence-corrected chi connectivity index (χ3v) is 4.05. The zero-order valence-electron chi connectivity index (χ0n) is 13.4. The van der Waals surface area contributed by atoms with E-state index >= 15 is 0 Å². The van der Waals surface area contributed by atoms with Gasteiger partial charge in [-0.25, -0.2) is 0 Å². The first-order chi connectivity index (χ1) is 10.3. The molecule has 0 saturated carbocycles. The van der Waals surface area contributed by atoms with Crippen molar-refractivity contribution in [3.05, 3.63) is 0 Å². The van der Waals surface area contributed by atoms with Crippen LogP contribution >= 0.6 is 0 Å². The molecule has 0 radical (unpaired) electrons. The van der Waals surface area contributed by atoms with Gasteiger partial charge in [0.2, 0.25) is 0 Å². The van der Waals surface area contributed by atoms with E-state index in [1.165, 1.54) is 6.42 Å². The molecule has 2 heterocycles. The Balaban J connectivity index is 1.75. The van der Waals surface area contributed by atoms with Gasteiger partial charge in [-0.05, 0) is 26.7 Å². The van der Waals surface area contributed by atoms with Crippen molar-refractivity contribution >= 4 is 5.96 Å². The number of nitrogens with zero attached hydrogens (tertiary/aromatic N) is 2. The minimum Gasteiger partial charge on any atom is -0.379 e. The summed E-state index contributed by atoms with van der Waals surface area (Å²) in [6, 6.07) is 0.451. The van der Waals surface area contributed by atoms with Crippen molar-refractivity contribution in [2.75, 3.05) is 52.5 Å². The number of morpholine rings is 1. The molecule has 6 nitrogen and oxygen atoms in total. The monoisotopic (exact) mass is 298 g/mol. The smallest absolute Gasteiger partial charge is 0.191 e. The van der Waals surface area contributed by atoms with Crippen molar-refractivity contribution in [3.63, 3.8) is 0 Å². The average molecular weight is 298 g/mol. The molecule has 0 aromatic rings. The van der Waals surface area contributed by atoms with Gasteiger partial charge in [-0.3, -0.25) is 9.89 Å². The third kappa shape index (κ3) is 5.80. The molecule has 2 saturated heterocycles. The van der Waals surface area contributed by atoms with Crippen LogP contribution < -0.4 is 10.6 Å². The quantitative estimate of drug-likeness (QED) is 0.550. The van der Waals surface area contributed by atoms with Gasteiger partial charge in [0.15, 0.2) is 5.96 Å². The Hall–Kier alpha value is -0.850. The Labute approximate surface area is 128 Å². The molecule has 21 heavy (non-hydrogen) atoms. The number of ether oxygens (including phenoxy) is 2. The summed E-state index contributed by atoms with van der Waals surface area (Å²) < 4.78 is 11.0. The van der Waals surface area contributed by atoms with Gasteiger partial charge in [0.25, 0.3) is 0 Å². The molecule has 0 amide bonds. The second-order valence-corrected chi connectivity index (χ2v) is 5.73. The summed E-state index contributed by atoms with van der Waals surface area (Å²) in [6.07, 6.45) is 2.66. The molecule has 0 aromatic carbocycles. The molecule has 2 rings (SSSR count). The van der Waals surface area contributed by atoms with Crippen molar-refractivity contribution in [2.24, 2.45) is 4.99 Å². The topological polar surface area (TPSA) is 58.1 Å². The van der Waals surface area contributed by atoms with Crippen LogP contribution in [0.4, 0.5) is 0 Å². The molecule has 0 bridgehead atoms. The Bertz CT molecular complexity index is 313. The standard InChI is InChI=1S/C15H30N4O2/c1-3-16-15(18-12-14-5-4-8-21-14)17-11-13(2)19-6-9-20-10-7-19/h13-14H,3-12H2,1-2H3,(H2,16,17,18). The molecule has 2 aliphatic heterocycles. The van der Waals surface area contributed by atoms with Gasteiger partial charge in [0.1, 0.15) is 0 Å². The molecule has 6 heteroatoms. The highest BCUT2D eigenvalue weighted by Crippen LogP contribution is 2.10. The lowest BCUT2D eigenvalue weighted by Gasteiger charge is -2.31. The van der Waals surface area contributed by atoms with Gasteiger partial charge >= 0.3 is 0 Å². The van der Waals surface area contributed by atoms with Crippen molar-refractivity contribution in [1.29, 1.82) is 0 Å². The van der Waals surface area contributed by atoms with E-state index in [-0.39, 0.29) is 0 Å². The van der Waals surface area contributed by atoms with Gasteiger partial charge in [-0.1, -0.05) is 0 Å². The summed E-state index contributed by atoms with van der Waals surface area (Å²) in [6.45, 7) is 11.5. The molecule has 2 N–H and O–H groups in total. The summed E-state index contributed by atoms with van der Waals surface area (Å²) in [5.74, 6) is 0.896. The first kappa shape index (κ1) is 16.5. The van der Waals surface area contributed by atoms with E-state index < -0.39 is 0 Å². The Morgan fingerprint density at radius 2 is 2.10 bits per heavy atom. The summed E-state index contributed by atoms with van der Waals surface area (Å²) in [4.78, 5) is 7.15. The van der Waals surface area contributed by atoms with Gasteiger partial charge in [-0.15, -0.1) is 0 Å². The van der Waals surface area contributed by atoms with Gasteiger partial charge < -0.3 is 20.1 Å². The van der Waals surface area contributed by atoms with E-state index in [9.17, 15) is 0 Å². The summed E-state index contributed by atoms with van der Waals surface area (Å²) in [5, 5.41) is 6.70. The van der Waals surface area contributed by atoms with Gasteiger partial charge in [0.05, 0.1) is 25.9 Å². The van der Waals surface area contributed by atoms with Crippen LogP contribution in [-0.4, -0.2) is 75.5 Å². The maximum absolute atomic E-state index is 5.63. The minimum atomic E-state index is 0.338. The Kier molecular flexibility index (Phi) is 7.26. The zero-order chi connectivity index (χ0) is 14.9. The first-order valence-electron chi connectivity index (χ1n) is 8.25. The molecule has 2 aliphatic rings. The van der Waals surface area contributed by atoms with E-state index in [1.54, 1.807) is 0 Å². The van der Waals surface area contributed by atoms with Crippen molar-refractivity contribution in [1.82, 2.24) is 15.5 Å². The number of guanidine groups is 1. The predicted molar refractivity (Wildman–Crippen MR) is 84.8 cm³/mol. The van der Waals surface area contributed by atoms with Crippen LogP contribution in [0.15, 0.2) is 4.99 Å². The molecular weight excluding hydrogens is 268 g/mol. The van der Waals surface area contributed by atoms with E-state index in [2.05, 4.69) is 29.4 Å². The average Bonchev–Trinajstić information content (AvgIpc) is 3.04. The Morgan fingerprint density at radius 1 is 1.29 bits per heavy atom. The fourth-order valence-electron chi connectivity index (χ4n) is 2.71. The van der Waals surface area contributed by atoms with Crippen LogP contribution in [0.5, 0.6) is 0 Å². The zero-order valence-corrected chi connectivity index (χ0v) is 13.4. The lowest BCUT2D eigenvalue weighted by Crippen LogP contribution is -2.45. The minimum absolute atomic E-state index is 0.338. The first-order valence-corrected chi connectivity index (χ1v) is 8.25. The van der Waals surface area contributed by atoms with E-state index in [0.717, 1.165) is 64.9 Å². The molecule has 2 unspecified atom stereocenters. The predicted octanol–water partition coefficient (Wildman–Crippen LogP) is 0.441. The highest BCUT2D eigenvalue weighted by Gasteiger charge is 2.17. The summed E-state index contributed by atoms with van der Waals surface area (Å²) >= 11 is 0. The van der Waals surface area contributed by atoms with Crippen molar-refractivity contribution in [3.8, 4) is 0 Å². The van der Waals surface area contributed by atoms with Gasteiger partial charge in [-0.2, -0.15) is 0 Å². The molecule has 0 aromatic heterocycles. The molecule has 0 spiro atoms. The molecule has 122 valence electrons. The number of hydrogen-bond acceptors (Lipinski definition) is 4. The van der Waals surface area contributed by atoms with Crippen LogP contribution in [-0.2, 0) is 9.47 Å². The summed E-state index contributed by atoms with van der Waals surface area (Å²) in [5.41, 5.74) is 0. The molecule has 0 aliphatic carbocycles. The number of aliphatic imine (C=N–C) groups is 1. The second-order valence-electron chi connectivity index (χ2n) is 5.73. The van der Waals surface area contributed by atoms with E-state index in [0.29, 0.717) is 12.1 Å². The fraction of sp³-hybridized carbons (Fsp3) is 0.933. The van der Waals surface area contributed by atoms with Gasteiger partial charge in [0, 0.05) is 38.8 Å². The van der Waals surface area contributed by atoms with Crippen LogP contribution in [0, 0.1) is 0 Å². The lowest BCUT2D eigenvalue weighted by molar-refractivity contribution is 0.0220. The van der Waals surface area contributed by atoms with E-state index in [4.69, 9.17) is 14.5 Å². The van der Waals surface area contributed by atoms with Crippen LogP contribution in [0.1, 0.15) is 26.7 Å². The molecule has 2 atom stereocenters. The Morgan fingerprint density at radius 3 is 2.76 bits per heavy atom. The van der Waals surface area contributed by atoms with Crippen molar-refractivity contribution < 1.29 is 9.47 Å². The number of rotatable bonds is 6. The lowest BCUT2D eigenvalue weighted by atomic mass is 10.2. The highest BCUT2D eigenvalue weighted by atomic mass is 16.5. The number of hydrogen-bond donors (Lipinski definition) is 2. The maximum Gasteiger partial charge on any atom is 0.191 e. The maximum atomic E-state index is 5.63. The van der Waals surface area contributed by atoms with Crippen LogP contribution in [0.25, 0.3) is 0 Å². The van der Waals surface area contributed by atoms with Crippen molar-refractivity contribution in [2.45, 2.75) is 38.8 Å². The largest absolute Gasteiger partial charge is 0.379 e. The number of nitrogens with one attached hydrogen (secondary N) is 2. The van der Waals surface area contributed by atoms with Crippen LogP contribution in [0.2, 0.25) is 0 Å². The van der Waals surface area contributed by atoms with Crippen LogP contribution in [0.3, 0.4) is 0 Å². The fourth-order valence-corrected chi connectivity index (χ4v) is 2.71. The highest BCUT2D eigenvalue weighted by molar-refractivity contribution is 5.79. The third-order valence-electron chi connectivity index (χ3n) is 4.05. The summed E-state index contributed by atoms with van der Waals surface area (Å²) in [7, 11) is 0. The van der Waals surface area contributed by atoms with E-state index in [1.807, 2.05) is 0 Å².